The number of carbonyl (C=O) groups is 1. The zero-order chi connectivity index (χ0) is 13.4. The van der Waals surface area contributed by atoms with E-state index in [0.29, 0.717) is 11.5 Å². The molecular weight excluding hydrogens is 246 g/mol. The molecule has 3 aromatic rings. The van der Waals surface area contributed by atoms with Crippen molar-refractivity contribution in [3.05, 3.63) is 41.9 Å². The fourth-order valence-corrected chi connectivity index (χ4v) is 1.74. The van der Waals surface area contributed by atoms with Crippen molar-refractivity contribution in [3.63, 3.8) is 0 Å². The first-order valence-electron chi connectivity index (χ1n) is 5.57. The Kier molecular flexibility index (Phi) is 2.49. The molecule has 0 aliphatic carbocycles. The summed E-state index contributed by atoms with van der Waals surface area (Å²) in [7, 11) is 0. The topological polar surface area (TPSA) is 89.1 Å². The first kappa shape index (κ1) is 11.3. The van der Waals surface area contributed by atoms with Crippen molar-refractivity contribution in [3.8, 4) is 11.5 Å². The number of aryl methyl sites for hydroxylation is 1. The number of pyridine rings is 2. The van der Waals surface area contributed by atoms with Gasteiger partial charge in [0, 0.05) is 17.5 Å². The van der Waals surface area contributed by atoms with E-state index in [0.717, 1.165) is 11.3 Å². The minimum absolute atomic E-state index is 0.0572. The van der Waals surface area contributed by atoms with E-state index >= 15 is 0 Å². The third kappa shape index (κ3) is 2.03. The van der Waals surface area contributed by atoms with Gasteiger partial charge < -0.3 is 9.52 Å². The Balaban J connectivity index is 2.14. The average molecular weight is 255 g/mol. The van der Waals surface area contributed by atoms with Crippen molar-refractivity contribution in [1.82, 2.24) is 15.0 Å². The van der Waals surface area contributed by atoms with E-state index in [2.05, 4.69) is 15.0 Å². The zero-order valence-electron chi connectivity index (χ0n) is 9.99. The Labute approximate surface area is 107 Å². The molecule has 94 valence electrons. The number of aromatic carboxylic acids is 1. The van der Waals surface area contributed by atoms with Crippen molar-refractivity contribution in [2.45, 2.75) is 6.92 Å². The number of hydrogen-bond acceptors (Lipinski definition) is 5. The maximum Gasteiger partial charge on any atom is 0.354 e. The number of carboxylic acids is 1. The van der Waals surface area contributed by atoms with Crippen LogP contribution in [0.2, 0.25) is 0 Å². The van der Waals surface area contributed by atoms with Gasteiger partial charge in [-0.1, -0.05) is 0 Å². The first-order chi connectivity index (χ1) is 9.13. The predicted molar refractivity (Wildman–Crippen MR) is 66.7 cm³/mol. The lowest BCUT2D eigenvalue weighted by atomic mass is 10.2. The Hall–Kier alpha value is -2.76. The lowest BCUT2D eigenvalue weighted by Crippen LogP contribution is -1.99. The van der Waals surface area contributed by atoms with Crippen LogP contribution in [0.4, 0.5) is 0 Å². The molecule has 0 atom stereocenters. The minimum Gasteiger partial charge on any atom is -0.477 e. The Bertz CT molecular complexity index is 780. The van der Waals surface area contributed by atoms with Crippen LogP contribution in [0, 0.1) is 6.92 Å². The number of rotatable bonds is 2. The molecule has 6 nitrogen and oxygen atoms in total. The highest BCUT2D eigenvalue weighted by Gasteiger charge is 2.12. The van der Waals surface area contributed by atoms with Gasteiger partial charge in [0.15, 0.2) is 16.9 Å². The van der Waals surface area contributed by atoms with Crippen molar-refractivity contribution < 1.29 is 14.3 Å². The van der Waals surface area contributed by atoms with Crippen LogP contribution in [0.25, 0.3) is 22.7 Å². The molecule has 19 heavy (non-hydrogen) atoms. The quantitative estimate of drug-likeness (QED) is 0.755. The molecule has 3 rings (SSSR count). The van der Waals surface area contributed by atoms with Gasteiger partial charge in [0.05, 0.1) is 0 Å². The van der Waals surface area contributed by atoms with Crippen LogP contribution in [-0.4, -0.2) is 26.0 Å². The van der Waals surface area contributed by atoms with Gasteiger partial charge in [-0.05, 0) is 31.2 Å². The molecule has 0 bridgehead atoms. The monoisotopic (exact) mass is 255 g/mol. The van der Waals surface area contributed by atoms with Crippen LogP contribution in [0.1, 0.15) is 16.2 Å². The highest BCUT2D eigenvalue weighted by Crippen LogP contribution is 2.23. The van der Waals surface area contributed by atoms with E-state index in [1.165, 1.54) is 6.07 Å². The Morgan fingerprint density at radius 2 is 2.11 bits per heavy atom. The highest BCUT2D eigenvalue weighted by molar-refractivity contribution is 5.88. The number of oxazole rings is 1. The van der Waals surface area contributed by atoms with Crippen LogP contribution in [0.3, 0.4) is 0 Å². The molecule has 1 N–H and O–H groups in total. The zero-order valence-corrected chi connectivity index (χ0v) is 9.99. The predicted octanol–water partition coefficient (Wildman–Crippen LogP) is 2.29. The standard InChI is InChI=1S/C13H9N3O3/c1-7-6-8(4-5-14-7)12-16-11-10(19-12)3-2-9(15-11)13(17)18/h2-6H,1H3,(H,17,18). The molecule has 0 aliphatic rings. The first-order valence-corrected chi connectivity index (χ1v) is 5.57. The summed E-state index contributed by atoms with van der Waals surface area (Å²) in [5.41, 5.74) is 2.30. The van der Waals surface area contributed by atoms with Crippen LogP contribution in [0.15, 0.2) is 34.9 Å². The van der Waals surface area contributed by atoms with Crippen molar-refractivity contribution in [2.24, 2.45) is 0 Å². The van der Waals surface area contributed by atoms with E-state index in [-0.39, 0.29) is 11.3 Å². The van der Waals surface area contributed by atoms with E-state index < -0.39 is 5.97 Å². The maximum atomic E-state index is 10.8. The fourth-order valence-electron chi connectivity index (χ4n) is 1.74. The van der Waals surface area contributed by atoms with Crippen LogP contribution in [0.5, 0.6) is 0 Å². The molecule has 0 saturated carbocycles. The van der Waals surface area contributed by atoms with Crippen LogP contribution < -0.4 is 0 Å². The highest BCUT2D eigenvalue weighted by atomic mass is 16.4. The van der Waals surface area contributed by atoms with Gasteiger partial charge in [0.25, 0.3) is 0 Å². The second kappa shape index (κ2) is 4.16. The minimum atomic E-state index is -1.09. The molecule has 3 aromatic heterocycles. The van der Waals surface area contributed by atoms with Gasteiger partial charge in [-0.15, -0.1) is 0 Å². The SMILES string of the molecule is Cc1cc(-c2nc3nc(C(=O)O)ccc3o2)ccn1. The molecular formula is C13H9N3O3. The molecule has 3 heterocycles. The lowest BCUT2D eigenvalue weighted by Gasteiger charge is -1.95. The third-order valence-electron chi connectivity index (χ3n) is 2.62. The molecule has 0 aromatic carbocycles. The molecule has 0 radical (unpaired) electrons. The molecule has 6 heteroatoms. The number of carboxylic acid groups (broad SMARTS) is 1. The van der Waals surface area contributed by atoms with Crippen molar-refractivity contribution in [2.75, 3.05) is 0 Å². The maximum absolute atomic E-state index is 10.8. The summed E-state index contributed by atoms with van der Waals surface area (Å²) in [5.74, 6) is -0.693. The summed E-state index contributed by atoms with van der Waals surface area (Å²) in [5, 5.41) is 8.88. The van der Waals surface area contributed by atoms with Crippen LogP contribution in [-0.2, 0) is 0 Å². The number of aromatic nitrogens is 3. The van der Waals surface area contributed by atoms with Gasteiger partial charge >= 0.3 is 5.97 Å². The van der Waals surface area contributed by atoms with Gasteiger partial charge in [0.2, 0.25) is 5.89 Å². The number of nitrogens with zero attached hydrogens (tertiary/aromatic N) is 3. The molecule has 0 spiro atoms. The summed E-state index contributed by atoms with van der Waals surface area (Å²) in [6, 6.07) is 6.55. The molecule has 0 fully saturated rings. The van der Waals surface area contributed by atoms with Gasteiger partial charge in [-0.2, -0.15) is 4.98 Å². The van der Waals surface area contributed by atoms with Gasteiger partial charge in [-0.25, -0.2) is 9.78 Å². The molecule has 0 amide bonds. The normalized spacial score (nSPS) is 10.8. The van der Waals surface area contributed by atoms with Crippen molar-refractivity contribution in [1.29, 1.82) is 0 Å². The smallest absolute Gasteiger partial charge is 0.354 e. The Morgan fingerprint density at radius 1 is 1.26 bits per heavy atom. The summed E-state index contributed by atoms with van der Waals surface area (Å²) in [6.45, 7) is 1.87. The van der Waals surface area contributed by atoms with Crippen LogP contribution >= 0.6 is 0 Å². The summed E-state index contributed by atoms with van der Waals surface area (Å²) in [4.78, 5) is 23.1. The van der Waals surface area contributed by atoms with Gasteiger partial charge in [-0.3, -0.25) is 4.98 Å². The van der Waals surface area contributed by atoms with Crippen molar-refractivity contribution >= 4 is 17.2 Å². The third-order valence-corrected chi connectivity index (χ3v) is 2.62. The number of hydrogen-bond donors (Lipinski definition) is 1. The largest absolute Gasteiger partial charge is 0.477 e. The second-order valence-corrected chi connectivity index (χ2v) is 4.03. The second-order valence-electron chi connectivity index (χ2n) is 4.03. The van der Waals surface area contributed by atoms with E-state index in [4.69, 9.17) is 9.52 Å². The average Bonchev–Trinajstić information content (AvgIpc) is 2.81. The molecule has 0 aliphatic heterocycles. The number of fused-ring (bicyclic) bond motifs is 1. The van der Waals surface area contributed by atoms with Gasteiger partial charge in [0.1, 0.15) is 0 Å². The lowest BCUT2D eigenvalue weighted by molar-refractivity contribution is 0.0691. The van der Waals surface area contributed by atoms with E-state index in [9.17, 15) is 4.79 Å². The van der Waals surface area contributed by atoms with E-state index in [1.807, 2.05) is 13.0 Å². The fraction of sp³-hybridized carbons (Fsp3) is 0.0769. The van der Waals surface area contributed by atoms with E-state index in [1.54, 1.807) is 18.3 Å². The summed E-state index contributed by atoms with van der Waals surface area (Å²) in [6.07, 6.45) is 1.66. The summed E-state index contributed by atoms with van der Waals surface area (Å²) >= 11 is 0. The molecule has 0 unspecified atom stereocenters. The Morgan fingerprint density at radius 3 is 2.84 bits per heavy atom. The molecule has 0 saturated heterocycles. The summed E-state index contributed by atoms with van der Waals surface area (Å²) < 4.78 is 5.55.